The molecule has 0 aliphatic heterocycles. The molecule has 0 unspecified atom stereocenters. The number of ether oxygens (including phenoxy) is 3. The molecule has 134 valence electrons. The van der Waals surface area contributed by atoms with E-state index in [1.54, 1.807) is 18.2 Å². The fourth-order valence-electron chi connectivity index (χ4n) is 1.85. The molecule has 1 N–H and O–H groups in total. The number of nitrogens with zero attached hydrogens (tertiary/aromatic N) is 1. The van der Waals surface area contributed by atoms with E-state index in [1.165, 1.54) is 13.2 Å². The van der Waals surface area contributed by atoms with Gasteiger partial charge in [-0.1, -0.05) is 13.0 Å². The Bertz CT molecular complexity index is 677. The Morgan fingerprint density at radius 1 is 1.24 bits per heavy atom. The predicted octanol–water partition coefficient (Wildman–Crippen LogP) is 2.07. The van der Waals surface area contributed by atoms with E-state index < -0.39 is 11.9 Å². The van der Waals surface area contributed by atoms with Crippen molar-refractivity contribution in [3.8, 4) is 17.6 Å². The predicted molar refractivity (Wildman–Crippen MR) is 92.0 cm³/mol. The first-order chi connectivity index (χ1) is 12.0. The van der Waals surface area contributed by atoms with Gasteiger partial charge in [0.25, 0.3) is 5.91 Å². The molecule has 0 fully saturated rings. The number of esters is 1. The van der Waals surface area contributed by atoms with Crippen LogP contribution in [0.5, 0.6) is 11.5 Å². The smallest absolute Gasteiger partial charge is 0.343 e. The molecular weight excluding hydrogens is 324 g/mol. The van der Waals surface area contributed by atoms with Crippen LogP contribution in [0.15, 0.2) is 23.8 Å². The van der Waals surface area contributed by atoms with Gasteiger partial charge in [0.05, 0.1) is 13.7 Å². The van der Waals surface area contributed by atoms with Crippen molar-refractivity contribution in [1.82, 2.24) is 5.32 Å². The molecule has 0 aromatic heterocycles. The zero-order valence-corrected chi connectivity index (χ0v) is 14.6. The van der Waals surface area contributed by atoms with Crippen LogP contribution in [0.3, 0.4) is 0 Å². The van der Waals surface area contributed by atoms with E-state index in [1.807, 2.05) is 19.9 Å². The van der Waals surface area contributed by atoms with Gasteiger partial charge in [-0.2, -0.15) is 5.26 Å². The maximum Gasteiger partial charge on any atom is 0.343 e. The van der Waals surface area contributed by atoms with Crippen LogP contribution in [-0.4, -0.2) is 38.7 Å². The topological polar surface area (TPSA) is 97.7 Å². The van der Waals surface area contributed by atoms with E-state index >= 15 is 0 Å². The molecule has 25 heavy (non-hydrogen) atoms. The van der Waals surface area contributed by atoms with Crippen LogP contribution < -0.4 is 14.8 Å². The second-order valence-corrected chi connectivity index (χ2v) is 4.93. The van der Waals surface area contributed by atoms with Gasteiger partial charge >= 0.3 is 5.97 Å². The maximum absolute atomic E-state index is 11.9. The summed E-state index contributed by atoms with van der Waals surface area (Å²) in [6.07, 6.45) is 2.25. The van der Waals surface area contributed by atoms with Crippen LogP contribution in [0.4, 0.5) is 0 Å². The molecule has 1 rings (SSSR count). The van der Waals surface area contributed by atoms with Crippen molar-refractivity contribution < 1.29 is 23.8 Å². The van der Waals surface area contributed by atoms with Gasteiger partial charge < -0.3 is 19.5 Å². The summed E-state index contributed by atoms with van der Waals surface area (Å²) in [7, 11) is 1.27. The van der Waals surface area contributed by atoms with Crippen molar-refractivity contribution in [2.24, 2.45) is 0 Å². The first-order valence-electron chi connectivity index (χ1n) is 7.92. The molecule has 0 radical (unpaired) electrons. The third kappa shape index (κ3) is 6.55. The van der Waals surface area contributed by atoms with Crippen molar-refractivity contribution in [3.63, 3.8) is 0 Å². The third-order valence-corrected chi connectivity index (χ3v) is 3.05. The summed E-state index contributed by atoms with van der Waals surface area (Å²) in [5.74, 6) is -0.149. The minimum absolute atomic E-state index is 0.000808. The molecule has 0 atom stereocenters. The highest BCUT2D eigenvalue weighted by Crippen LogP contribution is 2.29. The molecule has 7 nitrogen and oxygen atoms in total. The summed E-state index contributed by atoms with van der Waals surface area (Å²) < 4.78 is 15.4. The van der Waals surface area contributed by atoms with Gasteiger partial charge in [0.2, 0.25) is 0 Å². The van der Waals surface area contributed by atoms with Crippen LogP contribution in [0, 0.1) is 11.3 Å². The second kappa shape index (κ2) is 10.7. The van der Waals surface area contributed by atoms with Gasteiger partial charge in [-0.25, -0.2) is 4.79 Å². The standard InChI is InChI=1S/C18H22N2O5/c1-4-8-20-18(22)14(11-19)9-13-6-7-15(16(10-13)24-5-2)25-12-17(21)23-3/h6-7,9-10H,4-5,8,12H2,1-3H3,(H,20,22). The zero-order chi connectivity index (χ0) is 18.7. The van der Waals surface area contributed by atoms with Crippen molar-refractivity contribution in [2.45, 2.75) is 20.3 Å². The molecule has 0 aliphatic carbocycles. The fraction of sp³-hybridized carbons (Fsp3) is 0.389. The van der Waals surface area contributed by atoms with Crippen molar-refractivity contribution >= 4 is 18.0 Å². The lowest BCUT2D eigenvalue weighted by molar-refractivity contribution is -0.142. The van der Waals surface area contributed by atoms with Crippen LogP contribution >= 0.6 is 0 Å². The summed E-state index contributed by atoms with van der Waals surface area (Å²) in [5, 5.41) is 11.8. The molecule has 0 saturated heterocycles. The number of carbonyl (C=O) groups excluding carboxylic acids is 2. The van der Waals surface area contributed by atoms with E-state index in [0.717, 1.165) is 6.42 Å². The Kier molecular flexibility index (Phi) is 8.58. The van der Waals surface area contributed by atoms with E-state index in [9.17, 15) is 14.9 Å². The largest absolute Gasteiger partial charge is 0.490 e. The van der Waals surface area contributed by atoms with Crippen molar-refractivity contribution in [1.29, 1.82) is 5.26 Å². The molecule has 0 aliphatic rings. The number of nitriles is 1. The highest BCUT2D eigenvalue weighted by atomic mass is 16.6. The molecule has 7 heteroatoms. The van der Waals surface area contributed by atoms with Crippen LogP contribution in [0.1, 0.15) is 25.8 Å². The monoisotopic (exact) mass is 346 g/mol. The van der Waals surface area contributed by atoms with Gasteiger partial charge in [0.1, 0.15) is 11.6 Å². The number of amides is 1. The SMILES string of the molecule is CCCNC(=O)C(C#N)=Cc1ccc(OCC(=O)OC)c(OCC)c1. The summed E-state index contributed by atoms with van der Waals surface area (Å²) in [5.41, 5.74) is 0.608. The summed E-state index contributed by atoms with van der Waals surface area (Å²) in [6, 6.07) is 6.80. The van der Waals surface area contributed by atoms with Crippen molar-refractivity contribution in [2.75, 3.05) is 26.9 Å². The Morgan fingerprint density at radius 3 is 2.60 bits per heavy atom. The van der Waals surface area contributed by atoms with E-state index in [0.29, 0.717) is 30.2 Å². The van der Waals surface area contributed by atoms with E-state index in [4.69, 9.17) is 9.47 Å². The van der Waals surface area contributed by atoms with Gasteiger partial charge in [0, 0.05) is 6.54 Å². The fourth-order valence-corrected chi connectivity index (χ4v) is 1.85. The maximum atomic E-state index is 11.9. The van der Waals surface area contributed by atoms with Crippen molar-refractivity contribution in [3.05, 3.63) is 29.3 Å². The first kappa shape index (κ1) is 20.0. The lowest BCUT2D eigenvalue weighted by Gasteiger charge is -2.12. The Balaban J connectivity index is 3.02. The first-order valence-corrected chi connectivity index (χ1v) is 7.92. The molecule has 1 aromatic carbocycles. The van der Waals surface area contributed by atoms with Crippen LogP contribution in [0.25, 0.3) is 6.08 Å². The highest BCUT2D eigenvalue weighted by molar-refractivity contribution is 6.01. The summed E-state index contributed by atoms with van der Waals surface area (Å²) in [6.45, 7) is 4.39. The van der Waals surface area contributed by atoms with Crippen LogP contribution in [0.2, 0.25) is 0 Å². The molecule has 0 saturated carbocycles. The van der Waals surface area contributed by atoms with Crippen LogP contribution in [-0.2, 0) is 14.3 Å². The number of benzene rings is 1. The number of rotatable bonds is 9. The number of hydrogen-bond acceptors (Lipinski definition) is 6. The van der Waals surface area contributed by atoms with E-state index in [-0.39, 0.29) is 12.2 Å². The average molecular weight is 346 g/mol. The normalized spacial score (nSPS) is 10.6. The molecule has 1 aromatic rings. The number of hydrogen-bond donors (Lipinski definition) is 1. The quantitative estimate of drug-likeness (QED) is 0.418. The lowest BCUT2D eigenvalue weighted by atomic mass is 10.1. The molecular formula is C18H22N2O5. The molecule has 0 heterocycles. The van der Waals surface area contributed by atoms with Gasteiger partial charge in [0.15, 0.2) is 18.1 Å². The average Bonchev–Trinajstić information content (AvgIpc) is 2.63. The minimum atomic E-state index is -0.509. The molecule has 0 spiro atoms. The summed E-state index contributed by atoms with van der Waals surface area (Å²) >= 11 is 0. The highest BCUT2D eigenvalue weighted by Gasteiger charge is 2.11. The molecule has 1 amide bonds. The summed E-state index contributed by atoms with van der Waals surface area (Å²) in [4.78, 5) is 23.1. The molecule has 0 bridgehead atoms. The number of carbonyl (C=O) groups is 2. The van der Waals surface area contributed by atoms with Gasteiger partial charge in [-0.15, -0.1) is 0 Å². The van der Waals surface area contributed by atoms with Gasteiger partial charge in [-0.3, -0.25) is 4.79 Å². The Labute approximate surface area is 147 Å². The number of nitrogens with one attached hydrogen (secondary N) is 1. The number of methoxy groups -OCH3 is 1. The third-order valence-electron chi connectivity index (χ3n) is 3.05. The van der Waals surface area contributed by atoms with Gasteiger partial charge in [-0.05, 0) is 37.1 Å². The zero-order valence-electron chi connectivity index (χ0n) is 14.6. The Morgan fingerprint density at radius 2 is 2.00 bits per heavy atom. The second-order valence-electron chi connectivity index (χ2n) is 4.93. The minimum Gasteiger partial charge on any atom is -0.490 e. The lowest BCUT2D eigenvalue weighted by Crippen LogP contribution is -2.25. The van der Waals surface area contributed by atoms with E-state index in [2.05, 4.69) is 10.1 Å². The Hall–Kier alpha value is -3.01.